The molecule has 4 aliphatic rings. The van der Waals surface area contributed by atoms with E-state index in [0.29, 0.717) is 71.8 Å². The minimum atomic E-state index is -0.188. The fraction of sp³-hybridized carbons (Fsp3) is 0.380. The number of halogens is 1. The Hall–Kier alpha value is -5.21. The number of nitrogens with zero attached hydrogens (tertiary/aromatic N) is 6. The highest BCUT2D eigenvalue weighted by Crippen LogP contribution is 2.36. The maximum absolute atomic E-state index is 13.0. The van der Waals surface area contributed by atoms with Gasteiger partial charge in [-0.25, -0.2) is 4.98 Å². The molecule has 4 aromatic carbocycles. The Balaban J connectivity index is 0.000000190. The van der Waals surface area contributed by atoms with Crippen LogP contribution in [0.3, 0.4) is 0 Å². The van der Waals surface area contributed by atoms with Crippen LogP contribution in [0.5, 0.6) is 23.0 Å². The lowest BCUT2D eigenvalue weighted by molar-refractivity contribution is 0.102. The number of nitrogen functional groups attached to an aromatic ring is 1. The Morgan fingerprint density at radius 3 is 1.72 bits per heavy atom. The quantitative estimate of drug-likeness (QED) is 0.0231. The largest absolute Gasteiger partial charge is 0.454 e. The summed E-state index contributed by atoms with van der Waals surface area (Å²) in [6.45, 7) is 20.0. The van der Waals surface area contributed by atoms with Crippen LogP contribution in [0.1, 0.15) is 60.2 Å². The van der Waals surface area contributed by atoms with Gasteiger partial charge < -0.3 is 50.8 Å². The Labute approximate surface area is 441 Å². The van der Waals surface area contributed by atoms with Crippen LogP contribution in [0.15, 0.2) is 89.9 Å². The number of anilines is 6. The lowest BCUT2D eigenvalue weighted by atomic mass is 10.1. The van der Waals surface area contributed by atoms with Crippen molar-refractivity contribution < 1.29 is 28.5 Å². The van der Waals surface area contributed by atoms with Crippen LogP contribution in [-0.4, -0.2) is 126 Å². The first-order valence-corrected chi connectivity index (χ1v) is 26.5. The van der Waals surface area contributed by atoms with Gasteiger partial charge in [0.05, 0.1) is 5.33 Å². The fourth-order valence-corrected chi connectivity index (χ4v) is 9.84. The molecule has 0 bridgehead atoms. The molecule has 0 amide bonds. The number of aliphatic imine (C=N–C) groups is 1. The summed E-state index contributed by atoms with van der Waals surface area (Å²) in [6, 6.07) is 28.1. The Kier molecular flexibility index (Phi) is 20.6. The molecule has 0 spiro atoms. The highest BCUT2D eigenvalue weighted by atomic mass is 79.9. The number of Topliss-reactive ketones (excluding diaryl/α,β-unsaturated/α-hetero) is 1. The standard InChI is InChI=1S/C24H27N5O3S.C17H27N5S2.C9H7BrO3.H3P/c1-15(2)28-9-11-29(12-10-28)18-6-4-17(5-7-18)26-24-27-23(25)22(33-24)21(30)16-3-8-19-20(13-16)32-14-31-19;1-4-24-16(18)20-17(23)19-14-5-7-15(8-6-14)22-11-9-21(10-12-22)13(2)3;10-4-7(11)6-1-2-8-9(3-6)13-5-12-8;/h3-8,13,15H,9-12,14,25H2,1-2H3,(H,26,27);5-8,13H,4,9-12H2,1-3H3,(H3,18,19,20,23);1-3H,4-5H2;1H3. The van der Waals surface area contributed by atoms with Crippen LogP contribution in [0.2, 0.25) is 0 Å². The SMILES string of the molecule is CC(C)N1CCN(c2ccc(Nc3nc(N)c(C(=O)c4ccc5c(c4)OCO5)s3)cc2)CC1.CCSC(N)=NC(=S)Nc1ccc(N2CCN(C(C)C)CC2)cc1.O=C(CBr)c1ccc2c(c1)OCO2.P. The minimum absolute atomic E-state index is 0. The zero-order valence-electron chi connectivity index (χ0n) is 40.8. The molecule has 5 aromatic rings. The van der Waals surface area contributed by atoms with E-state index in [4.69, 9.17) is 42.6 Å². The van der Waals surface area contributed by atoms with E-state index in [2.05, 4.69) is 108 Å². The number of hydrogen-bond acceptors (Lipinski definition) is 16. The number of nitrogens with two attached hydrogens (primary N) is 2. The van der Waals surface area contributed by atoms with Crippen LogP contribution in [0, 0.1) is 0 Å². The molecule has 6 N–H and O–H groups in total. The number of thiazole rings is 1. The van der Waals surface area contributed by atoms with Crippen molar-refractivity contribution in [2.24, 2.45) is 10.7 Å². The maximum atomic E-state index is 13.0. The van der Waals surface area contributed by atoms with Crippen molar-refractivity contribution in [2.45, 2.75) is 46.7 Å². The Morgan fingerprint density at radius 2 is 1.23 bits per heavy atom. The van der Waals surface area contributed by atoms with Gasteiger partial charge in [0.1, 0.15) is 10.7 Å². The first kappa shape index (κ1) is 55.1. The van der Waals surface area contributed by atoms with E-state index in [9.17, 15) is 9.59 Å². The summed E-state index contributed by atoms with van der Waals surface area (Å²) in [6.07, 6.45) is 0. The zero-order valence-corrected chi connectivity index (χ0v) is 46.3. The predicted molar refractivity (Wildman–Crippen MR) is 304 cm³/mol. The third kappa shape index (κ3) is 15.2. The summed E-state index contributed by atoms with van der Waals surface area (Å²) in [5, 5.41) is 8.17. The van der Waals surface area contributed by atoms with Gasteiger partial charge in [-0.05, 0) is 131 Å². The van der Waals surface area contributed by atoms with Crippen molar-refractivity contribution in [3.8, 4) is 23.0 Å². The minimum Gasteiger partial charge on any atom is -0.454 e. The molecule has 380 valence electrons. The fourth-order valence-electron chi connectivity index (χ4n) is 7.92. The molecule has 71 heavy (non-hydrogen) atoms. The lowest BCUT2D eigenvalue weighted by Gasteiger charge is -2.38. The smallest absolute Gasteiger partial charge is 0.231 e. The number of ketones is 2. The van der Waals surface area contributed by atoms with Crippen LogP contribution < -0.4 is 50.8 Å². The number of amidine groups is 1. The first-order chi connectivity index (χ1) is 33.8. The normalized spacial score (nSPS) is 15.3. The summed E-state index contributed by atoms with van der Waals surface area (Å²) >= 11 is 11.0. The summed E-state index contributed by atoms with van der Waals surface area (Å²) < 4.78 is 20.9. The second kappa shape index (κ2) is 26.5. The summed E-state index contributed by atoms with van der Waals surface area (Å²) in [4.78, 5) is 43.0. The highest BCUT2D eigenvalue weighted by Gasteiger charge is 2.23. The Bertz CT molecular complexity index is 2610. The third-order valence-corrected chi connectivity index (χ3v) is 14.2. The molecule has 4 aliphatic heterocycles. The van der Waals surface area contributed by atoms with Gasteiger partial charge in [-0.2, -0.15) is 14.9 Å². The number of piperazine rings is 2. The molecule has 9 rings (SSSR count). The molecule has 0 radical (unpaired) electrons. The van der Waals surface area contributed by atoms with E-state index in [0.717, 1.165) is 69.5 Å². The highest BCUT2D eigenvalue weighted by molar-refractivity contribution is 9.09. The molecule has 2 fully saturated rings. The average Bonchev–Trinajstić information content (AvgIpc) is 4.14. The molecule has 16 nitrogen and oxygen atoms in total. The Morgan fingerprint density at radius 1 is 0.746 bits per heavy atom. The number of rotatable bonds is 12. The van der Waals surface area contributed by atoms with Crippen molar-refractivity contribution in [1.29, 1.82) is 0 Å². The second-order valence-corrected chi connectivity index (χ2v) is 20.3. The van der Waals surface area contributed by atoms with Crippen molar-refractivity contribution in [2.75, 3.05) is 103 Å². The van der Waals surface area contributed by atoms with Crippen molar-refractivity contribution >= 4 is 117 Å². The number of thioether (sulfide) groups is 1. The van der Waals surface area contributed by atoms with E-state index in [-0.39, 0.29) is 40.9 Å². The van der Waals surface area contributed by atoms with E-state index in [1.807, 2.05) is 31.2 Å². The van der Waals surface area contributed by atoms with E-state index in [1.165, 1.54) is 34.5 Å². The van der Waals surface area contributed by atoms with Gasteiger partial charge in [-0.1, -0.05) is 46.0 Å². The number of fused-ring (bicyclic) bond motifs is 2. The first-order valence-electron chi connectivity index (χ1n) is 23.2. The molecule has 0 saturated carbocycles. The predicted octanol–water partition coefficient (Wildman–Crippen LogP) is 8.99. The number of carbonyl (C=O) groups is 2. The van der Waals surface area contributed by atoms with Gasteiger partial charge in [0, 0.05) is 98.3 Å². The number of hydrogen-bond donors (Lipinski definition) is 4. The number of benzene rings is 4. The number of aromatic nitrogens is 1. The number of alkyl halides is 1. The van der Waals surface area contributed by atoms with Gasteiger partial charge >= 0.3 is 0 Å². The number of nitrogens with one attached hydrogen (secondary N) is 2. The van der Waals surface area contributed by atoms with Crippen molar-refractivity contribution in [1.82, 2.24) is 14.8 Å². The van der Waals surface area contributed by atoms with Crippen molar-refractivity contribution in [3.05, 3.63) is 101 Å². The average molecular weight is 1110 g/mol. The molecular formula is C50H64BrN10O6PS3. The zero-order chi connectivity index (χ0) is 49.7. The molecule has 21 heteroatoms. The van der Waals surface area contributed by atoms with Gasteiger partial charge in [0.25, 0.3) is 0 Å². The third-order valence-electron chi connectivity index (χ3n) is 11.9. The topological polar surface area (TPSA) is 185 Å². The number of thiocarbonyl (C=S) groups is 1. The molecule has 1 atom stereocenters. The van der Waals surface area contributed by atoms with E-state index < -0.39 is 0 Å². The molecule has 5 heterocycles. The van der Waals surface area contributed by atoms with E-state index in [1.54, 1.807) is 36.4 Å². The summed E-state index contributed by atoms with van der Waals surface area (Å²) in [5.41, 5.74) is 17.3. The van der Waals surface area contributed by atoms with Gasteiger partial charge in [-0.15, -0.1) is 0 Å². The number of ether oxygens (including phenoxy) is 4. The monoisotopic (exact) mass is 1110 g/mol. The van der Waals surface area contributed by atoms with Gasteiger partial charge in [0.15, 0.2) is 44.2 Å². The second-order valence-electron chi connectivity index (χ2n) is 17.0. The molecule has 1 aromatic heterocycles. The molecular weight excluding hydrogens is 1040 g/mol. The van der Waals surface area contributed by atoms with Crippen molar-refractivity contribution in [3.63, 3.8) is 0 Å². The van der Waals surface area contributed by atoms with Crippen LogP contribution in [0.4, 0.5) is 33.7 Å². The van der Waals surface area contributed by atoms with Crippen LogP contribution in [0.25, 0.3) is 0 Å². The van der Waals surface area contributed by atoms with Crippen LogP contribution >= 0.6 is 61.1 Å². The van der Waals surface area contributed by atoms with E-state index >= 15 is 0 Å². The lowest BCUT2D eigenvalue weighted by Crippen LogP contribution is -2.48. The van der Waals surface area contributed by atoms with Gasteiger partial charge in [-0.3, -0.25) is 19.4 Å². The summed E-state index contributed by atoms with van der Waals surface area (Å²) in [5.74, 6) is 3.49. The molecule has 0 aliphatic carbocycles. The van der Waals surface area contributed by atoms with Crippen LogP contribution in [-0.2, 0) is 0 Å². The summed E-state index contributed by atoms with van der Waals surface area (Å²) in [7, 11) is 0. The molecule has 2 saturated heterocycles. The number of carbonyl (C=O) groups excluding carboxylic acids is 2. The molecule has 1 unspecified atom stereocenters. The van der Waals surface area contributed by atoms with Gasteiger partial charge in [0.2, 0.25) is 19.4 Å². The maximum Gasteiger partial charge on any atom is 0.231 e.